The molecule has 3 aromatic rings. The summed E-state index contributed by atoms with van der Waals surface area (Å²) < 4.78 is 0. The van der Waals surface area contributed by atoms with Crippen molar-refractivity contribution in [3.05, 3.63) is 82.9 Å². The lowest BCUT2D eigenvalue weighted by Crippen LogP contribution is -2.43. The third-order valence-electron chi connectivity index (χ3n) is 6.69. The topological polar surface area (TPSA) is 88.7 Å². The summed E-state index contributed by atoms with van der Waals surface area (Å²) in [5.74, 6) is -0.609. The van der Waals surface area contributed by atoms with Gasteiger partial charge < -0.3 is 31.1 Å². The van der Waals surface area contributed by atoms with Gasteiger partial charge in [0.1, 0.15) is 0 Å². The molecule has 2 saturated heterocycles. The van der Waals surface area contributed by atoms with Gasteiger partial charge in [-0.05, 0) is 66.7 Å². The highest BCUT2D eigenvalue weighted by Crippen LogP contribution is 2.23. The van der Waals surface area contributed by atoms with E-state index in [1.807, 2.05) is 48.5 Å². The summed E-state index contributed by atoms with van der Waals surface area (Å²) in [6.45, 7) is 7.72. The van der Waals surface area contributed by atoms with Crippen molar-refractivity contribution in [2.24, 2.45) is 0 Å². The maximum Gasteiger partial charge on any atom is 0.257 e. The van der Waals surface area contributed by atoms with Crippen LogP contribution >= 0.6 is 11.6 Å². The van der Waals surface area contributed by atoms with Crippen molar-refractivity contribution in [2.75, 3.05) is 72.8 Å². The smallest absolute Gasteiger partial charge is 0.257 e. The number of anilines is 4. The molecule has 0 unspecified atom stereocenters. The molecule has 2 heterocycles. The number of amides is 2. The molecule has 0 saturated carbocycles. The molecule has 3 aromatic carbocycles. The molecule has 0 aliphatic carbocycles. The number of carbonyl (C=O) groups is 2. The maximum absolute atomic E-state index is 12.8. The summed E-state index contributed by atoms with van der Waals surface area (Å²) in [5, 5.41) is 12.7. The molecule has 0 radical (unpaired) electrons. The van der Waals surface area contributed by atoms with Gasteiger partial charge in [-0.2, -0.15) is 0 Å². The molecule has 2 fully saturated rings. The molecular formula is C28H31ClN6O2. The van der Waals surface area contributed by atoms with E-state index in [-0.39, 0.29) is 16.8 Å². The van der Waals surface area contributed by atoms with Gasteiger partial charge in [-0.25, -0.2) is 0 Å². The highest BCUT2D eigenvalue weighted by atomic mass is 35.5. The van der Waals surface area contributed by atoms with Gasteiger partial charge in [0.15, 0.2) is 0 Å². The monoisotopic (exact) mass is 518 g/mol. The van der Waals surface area contributed by atoms with Gasteiger partial charge in [0.25, 0.3) is 11.8 Å². The van der Waals surface area contributed by atoms with Crippen LogP contribution in [0.15, 0.2) is 66.7 Å². The van der Waals surface area contributed by atoms with Gasteiger partial charge in [0.05, 0.1) is 10.6 Å². The predicted octanol–water partition coefficient (Wildman–Crippen LogP) is 3.66. The van der Waals surface area contributed by atoms with Gasteiger partial charge in [0, 0.05) is 80.7 Å². The Kier molecular flexibility index (Phi) is 7.89. The molecule has 2 aliphatic heterocycles. The Bertz CT molecular complexity index is 1240. The SMILES string of the molecule is O=C(Nc1ccc(N2CCNCC2)cc1)c1ccc(C(=O)Nc2ccc(N3CCNCC3)cc2)c(Cl)c1. The van der Waals surface area contributed by atoms with Crippen molar-refractivity contribution in [1.29, 1.82) is 0 Å². The normalized spacial score (nSPS) is 15.8. The van der Waals surface area contributed by atoms with Crippen LogP contribution in [0, 0.1) is 0 Å². The van der Waals surface area contributed by atoms with Gasteiger partial charge in [-0.15, -0.1) is 0 Å². The van der Waals surface area contributed by atoms with E-state index in [2.05, 4.69) is 31.1 Å². The Morgan fingerprint density at radius 3 is 1.57 bits per heavy atom. The molecule has 2 aliphatic rings. The van der Waals surface area contributed by atoms with Crippen molar-refractivity contribution in [1.82, 2.24) is 10.6 Å². The fraction of sp³-hybridized carbons (Fsp3) is 0.286. The van der Waals surface area contributed by atoms with Gasteiger partial charge in [0.2, 0.25) is 0 Å². The molecule has 9 heteroatoms. The number of hydrogen-bond acceptors (Lipinski definition) is 6. The molecule has 192 valence electrons. The summed E-state index contributed by atoms with van der Waals surface area (Å²) in [4.78, 5) is 30.2. The zero-order valence-corrected chi connectivity index (χ0v) is 21.4. The van der Waals surface area contributed by atoms with Crippen LogP contribution in [0.2, 0.25) is 5.02 Å². The fourth-order valence-electron chi connectivity index (χ4n) is 4.60. The highest BCUT2D eigenvalue weighted by Gasteiger charge is 2.16. The second-order valence-electron chi connectivity index (χ2n) is 9.17. The van der Waals surface area contributed by atoms with Crippen molar-refractivity contribution in [3.63, 3.8) is 0 Å². The lowest BCUT2D eigenvalue weighted by atomic mass is 10.1. The molecule has 8 nitrogen and oxygen atoms in total. The third-order valence-corrected chi connectivity index (χ3v) is 7.00. The zero-order valence-electron chi connectivity index (χ0n) is 20.6. The van der Waals surface area contributed by atoms with Crippen LogP contribution in [0.5, 0.6) is 0 Å². The summed E-state index contributed by atoms with van der Waals surface area (Å²) in [6.07, 6.45) is 0. The molecule has 0 aromatic heterocycles. The van der Waals surface area contributed by atoms with E-state index >= 15 is 0 Å². The van der Waals surface area contributed by atoms with Crippen LogP contribution in [0.3, 0.4) is 0 Å². The Hall–Kier alpha value is -3.59. The quantitative estimate of drug-likeness (QED) is 0.398. The minimum atomic E-state index is -0.324. The maximum atomic E-state index is 12.8. The van der Waals surface area contributed by atoms with Gasteiger partial charge in [-0.1, -0.05) is 11.6 Å². The first-order valence-electron chi connectivity index (χ1n) is 12.6. The van der Waals surface area contributed by atoms with Crippen molar-refractivity contribution < 1.29 is 9.59 Å². The van der Waals surface area contributed by atoms with E-state index in [0.29, 0.717) is 22.5 Å². The first-order valence-corrected chi connectivity index (χ1v) is 13.0. The second kappa shape index (κ2) is 11.6. The Morgan fingerprint density at radius 2 is 1.11 bits per heavy atom. The van der Waals surface area contributed by atoms with E-state index in [1.165, 1.54) is 6.07 Å². The standard InChI is InChI=1S/C28H31ClN6O2/c29-26-19-20(27(36)32-21-2-6-23(7-3-21)34-15-11-30-12-16-34)1-10-25(26)28(37)33-22-4-8-24(9-5-22)35-17-13-31-14-18-35/h1-10,19,30-31H,11-18H2,(H,32,36)(H,33,37). The lowest BCUT2D eigenvalue weighted by molar-refractivity contribution is 0.101. The number of hydrogen-bond donors (Lipinski definition) is 4. The number of piperazine rings is 2. The van der Waals surface area contributed by atoms with Crippen LogP contribution in [-0.4, -0.2) is 64.2 Å². The van der Waals surface area contributed by atoms with E-state index in [4.69, 9.17) is 11.6 Å². The summed E-state index contributed by atoms with van der Waals surface area (Å²) in [6, 6.07) is 20.3. The molecular weight excluding hydrogens is 488 g/mol. The molecule has 5 rings (SSSR count). The molecule has 0 bridgehead atoms. The Morgan fingerprint density at radius 1 is 0.649 bits per heavy atom. The van der Waals surface area contributed by atoms with Crippen LogP contribution in [0.1, 0.15) is 20.7 Å². The number of carbonyl (C=O) groups excluding carboxylic acids is 2. The molecule has 2 amide bonds. The predicted molar refractivity (Wildman–Crippen MR) is 150 cm³/mol. The summed E-state index contributed by atoms with van der Waals surface area (Å²) in [7, 11) is 0. The molecule has 0 atom stereocenters. The number of nitrogens with zero attached hydrogens (tertiary/aromatic N) is 2. The Balaban J connectivity index is 1.19. The minimum absolute atomic E-state index is 0.219. The average Bonchev–Trinajstić information content (AvgIpc) is 2.94. The van der Waals surface area contributed by atoms with Crippen molar-refractivity contribution >= 4 is 46.2 Å². The summed E-state index contributed by atoms with van der Waals surface area (Å²) >= 11 is 6.41. The molecule has 37 heavy (non-hydrogen) atoms. The van der Waals surface area contributed by atoms with E-state index in [1.54, 1.807) is 12.1 Å². The Labute approximate surface area is 222 Å². The average molecular weight is 519 g/mol. The number of rotatable bonds is 6. The van der Waals surface area contributed by atoms with Crippen molar-refractivity contribution in [3.8, 4) is 0 Å². The third kappa shape index (κ3) is 6.22. The van der Waals surface area contributed by atoms with Crippen molar-refractivity contribution in [2.45, 2.75) is 0 Å². The van der Waals surface area contributed by atoms with Crippen LogP contribution < -0.4 is 31.1 Å². The largest absolute Gasteiger partial charge is 0.369 e. The van der Waals surface area contributed by atoms with Gasteiger partial charge in [-0.3, -0.25) is 9.59 Å². The van der Waals surface area contributed by atoms with Crippen LogP contribution in [-0.2, 0) is 0 Å². The molecule has 0 spiro atoms. The van der Waals surface area contributed by atoms with E-state index < -0.39 is 0 Å². The first-order chi connectivity index (χ1) is 18.1. The minimum Gasteiger partial charge on any atom is -0.369 e. The molecule has 4 N–H and O–H groups in total. The van der Waals surface area contributed by atoms with E-state index in [9.17, 15) is 9.59 Å². The first kappa shape index (κ1) is 25.1. The zero-order chi connectivity index (χ0) is 25.6. The van der Waals surface area contributed by atoms with Crippen LogP contribution in [0.4, 0.5) is 22.7 Å². The highest BCUT2D eigenvalue weighted by molar-refractivity contribution is 6.35. The summed E-state index contributed by atoms with van der Waals surface area (Å²) in [5.41, 5.74) is 4.35. The second-order valence-corrected chi connectivity index (χ2v) is 9.58. The number of benzene rings is 3. The van der Waals surface area contributed by atoms with E-state index in [0.717, 1.165) is 63.7 Å². The number of halogens is 1. The van der Waals surface area contributed by atoms with Gasteiger partial charge >= 0.3 is 0 Å². The lowest BCUT2D eigenvalue weighted by Gasteiger charge is -2.29. The fourth-order valence-corrected chi connectivity index (χ4v) is 4.87. The number of nitrogens with one attached hydrogen (secondary N) is 4. The van der Waals surface area contributed by atoms with Crippen LogP contribution in [0.25, 0.3) is 0 Å².